The van der Waals surface area contributed by atoms with Gasteiger partial charge in [0.1, 0.15) is 5.75 Å². The number of rotatable bonds is 11. The summed E-state index contributed by atoms with van der Waals surface area (Å²) in [4.78, 5) is 12.0. The van der Waals surface area contributed by atoms with Crippen molar-refractivity contribution in [2.24, 2.45) is 5.10 Å². The van der Waals surface area contributed by atoms with Gasteiger partial charge < -0.3 is 14.2 Å². The Kier molecular flexibility index (Phi) is 9.02. The summed E-state index contributed by atoms with van der Waals surface area (Å²) in [5, 5.41) is 3.99. The fourth-order valence-corrected chi connectivity index (χ4v) is 2.79. The van der Waals surface area contributed by atoms with E-state index in [1.165, 1.54) is 0 Å². The van der Waals surface area contributed by atoms with Gasteiger partial charge in [-0.25, -0.2) is 5.43 Å². The number of para-hydroxylation sites is 1. The molecule has 0 aliphatic carbocycles. The highest BCUT2D eigenvalue weighted by molar-refractivity contribution is 5.83. The van der Waals surface area contributed by atoms with Crippen LogP contribution in [0.15, 0.2) is 41.5 Å². The molecule has 0 heterocycles. The van der Waals surface area contributed by atoms with Crippen molar-refractivity contribution >= 4 is 12.1 Å². The van der Waals surface area contributed by atoms with Crippen LogP contribution in [0.5, 0.6) is 17.2 Å². The van der Waals surface area contributed by atoms with E-state index in [0.29, 0.717) is 18.1 Å². The fraction of sp³-hybridized carbons (Fsp3) is 0.391. The van der Waals surface area contributed by atoms with Crippen LogP contribution in [0.1, 0.15) is 42.9 Å². The lowest BCUT2D eigenvalue weighted by Gasteiger charge is -2.11. The Morgan fingerprint density at radius 2 is 1.83 bits per heavy atom. The standard InChI is InChI=1S/C23H30N2O4/c1-5-6-7-13-28-20-12-11-19(14-21(20)27-4)15-24-25-22(26)16-29-23-17(2)9-8-10-18(23)3/h8-12,14-15H,5-7,13,16H2,1-4H3,(H,25,26). The maximum atomic E-state index is 12.0. The largest absolute Gasteiger partial charge is 0.493 e. The lowest BCUT2D eigenvalue weighted by atomic mass is 10.1. The third-order valence-electron chi connectivity index (χ3n) is 4.35. The number of hydrogen-bond acceptors (Lipinski definition) is 5. The van der Waals surface area contributed by atoms with Crippen molar-refractivity contribution in [2.75, 3.05) is 20.3 Å². The van der Waals surface area contributed by atoms with Crippen molar-refractivity contribution in [3.63, 3.8) is 0 Å². The molecule has 0 spiro atoms. The van der Waals surface area contributed by atoms with Crippen molar-refractivity contribution in [2.45, 2.75) is 40.0 Å². The molecule has 156 valence electrons. The molecule has 0 saturated heterocycles. The van der Waals surface area contributed by atoms with Gasteiger partial charge in [-0.05, 0) is 55.2 Å². The lowest BCUT2D eigenvalue weighted by molar-refractivity contribution is -0.123. The van der Waals surface area contributed by atoms with E-state index in [-0.39, 0.29) is 12.5 Å². The summed E-state index contributed by atoms with van der Waals surface area (Å²) in [7, 11) is 1.60. The molecule has 29 heavy (non-hydrogen) atoms. The molecule has 6 nitrogen and oxygen atoms in total. The Morgan fingerprint density at radius 1 is 1.07 bits per heavy atom. The second-order valence-corrected chi connectivity index (χ2v) is 6.77. The average molecular weight is 399 g/mol. The smallest absolute Gasteiger partial charge is 0.277 e. The highest BCUT2D eigenvalue weighted by Gasteiger charge is 2.07. The number of nitrogens with one attached hydrogen (secondary N) is 1. The summed E-state index contributed by atoms with van der Waals surface area (Å²) < 4.78 is 16.8. The number of unbranched alkanes of at least 4 members (excludes halogenated alkanes) is 2. The van der Waals surface area contributed by atoms with Gasteiger partial charge in [0.2, 0.25) is 0 Å². The van der Waals surface area contributed by atoms with Crippen LogP contribution in [-0.4, -0.2) is 32.4 Å². The predicted molar refractivity (Wildman–Crippen MR) is 115 cm³/mol. The molecule has 2 rings (SSSR count). The summed E-state index contributed by atoms with van der Waals surface area (Å²) in [5.41, 5.74) is 5.25. The first-order valence-corrected chi connectivity index (χ1v) is 9.87. The van der Waals surface area contributed by atoms with Crippen LogP contribution in [-0.2, 0) is 4.79 Å². The molecule has 2 aromatic rings. The van der Waals surface area contributed by atoms with Crippen LogP contribution in [0.25, 0.3) is 0 Å². The number of benzene rings is 2. The molecule has 0 aliphatic rings. The number of ether oxygens (including phenoxy) is 3. The third kappa shape index (κ3) is 7.14. The number of carbonyl (C=O) groups excluding carboxylic acids is 1. The van der Waals surface area contributed by atoms with E-state index in [2.05, 4.69) is 17.5 Å². The zero-order valence-electron chi connectivity index (χ0n) is 17.7. The molecule has 2 aromatic carbocycles. The zero-order chi connectivity index (χ0) is 21.1. The van der Waals surface area contributed by atoms with Gasteiger partial charge in [-0.3, -0.25) is 4.79 Å². The molecule has 0 bridgehead atoms. The van der Waals surface area contributed by atoms with Crippen molar-refractivity contribution in [3.8, 4) is 17.2 Å². The maximum absolute atomic E-state index is 12.0. The van der Waals surface area contributed by atoms with Gasteiger partial charge >= 0.3 is 0 Å². The van der Waals surface area contributed by atoms with E-state index in [1.54, 1.807) is 13.3 Å². The van der Waals surface area contributed by atoms with Crippen LogP contribution in [0.4, 0.5) is 0 Å². The highest BCUT2D eigenvalue weighted by Crippen LogP contribution is 2.27. The summed E-state index contributed by atoms with van der Waals surface area (Å²) in [6, 6.07) is 11.4. The molecule has 0 aliphatic heterocycles. The Bertz CT molecular complexity index is 813. The minimum absolute atomic E-state index is 0.100. The number of carbonyl (C=O) groups is 1. The molecule has 1 N–H and O–H groups in total. The fourth-order valence-electron chi connectivity index (χ4n) is 2.79. The molecule has 6 heteroatoms. The highest BCUT2D eigenvalue weighted by atomic mass is 16.5. The van der Waals surface area contributed by atoms with Crippen LogP contribution < -0.4 is 19.6 Å². The van der Waals surface area contributed by atoms with E-state index in [0.717, 1.165) is 41.7 Å². The number of hydrazone groups is 1. The van der Waals surface area contributed by atoms with E-state index >= 15 is 0 Å². The molecule has 0 fully saturated rings. The van der Waals surface area contributed by atoms with Gasteiger partial charge in [-0.2, -0.15) is 5.10 Å². The van der Waals surface area contributed by atoms with Crippen molar-refractivity contribution in [1.29, 1.82) is 0 Å². The third-order valence-corrected chi connectivity index (χ3v) is 4.35. The molecule has 0 aromatic heterocycles. The van der Waals surface area contributed by atoms with Gasteiger partial charge in [-0.1, -0.05) is 38.0 Å². The minimum atomic E-state index is -0.327. The number of aryl methyl sites for hydroxylation is 2. The van der Waals surface area contributed by atoms with Crippen molar-refractivity contribution in [1.82, 2.24) is 5.43 Å². The first kappa shape index (κ1) is 22.3. The summed E-state index contributed by atoms with van der Waals surface area (Å²) in [5.74, 6) is 1.74. The summed E-state index contributed by atoms with van der Waals surface area (Å²) in [6.45, 7) is 6.61. The van der Waals surface area contributed by atoms with Gasteiger partial charge in [0.25, 0.3) is 5.91 Å². The quantitative estimate of drug-likeness (QED) is 0.346. The van der Waals surface area contributed by atoms with Gasteiger partial charge in [0, 0.05) is 0 Å². The number of methoxy groups -OCH3 is 1. The number of nitrogens with zero attached hydrogens (tertiary/aromatic N) is 1. The first-order valence-electron chi connectivity index (χ1n) is 9.87. The molecule has 0 radical (unpaired) electrons. The molecular weight excluding hydrogens is 368 g/mol. The topological polar surface area (TPSA) is 69.2 Å². The second kappa shape index (κ2) is 11.7. The predicted octanol–water partition coefficient (Wildman–Crippen LogP) is 4.41. The maximum Gasteiger partial charge on any atom is 0.277 e. The van der Waals surface area contributed by atoms with Gasteiger partial charge in [0.05, 0.1) is 19.9 Å². The van der Waals surface area contributed by atoms with Crippen LogP contribution in [0.2, 0.25) is 0 Å². The lowest BCUT2D eigenvalue weighted by Crippen LogP contribution is -2.25. The minimum Gasteiger partial charge on any atom is -0.493 e. The zero-order valence-corrected chi connectivity index (χ0v) is 17.7. The Hall–Kier alpha value is -3.02. The molecule has 0 atom stereocenters. The normalized spacial score (nSPS) is 10.8. The average Bonchev–Trinajstić information content (AvgIpc) is 2.71. The Labute approximate surface area is 172 Å². The first-order chi connectivity index (χ1) is 14.0. The number of hydrogen-bond donors (Lipinski definition) is 1. The van der Waals surface area contributed by atoms with E-state index in [4.69, 9.17) is 14.2 Å². The van der Waals surface area contributed by atoms with Gasteiger partial charge in [0.15, 0.2) is 18.1 Å². The van der Waals surface area contributed by atoms with Crippen LogP contribution in [0.3, 0.4) is 0 Å². The van der Waals surface area contributed by atoms with E-state index in [9.17, 15) is 4.79 Å². The monoisotopic (exact) mass is 398 g/mol. The summed E-state index contributed by atoms with van der Waals surface area (Å²) >= 11 is 0. The summed E-state index contributed by atoms with van der Waals surface area (Å²) in [6.07, 6.45) is 4.86. The SMILES string of the molecule is CCCCCOc1ccc(C=NNC(=O)COc2c(C)cccc2C)cc1OC. The van der Waals surface area contributed by atoms with E-state index < -0.39 is 0 Å². The second-order valence-electron chi connectivity index (χ2n) is 6.77. The van der Waals surface area contributed by atoms with Crippen LogP contribution in [0, 0.1) is 13.8 Å². The van der Waals surface area contributed by atoms with Gasteiger partial charge in [-0.15, -0.1) is 0 Å². The molecule has 1 amide bonds. The van der Waals surface area contributed by atoms with Crippen LogP contribution >= 0.6 is 0 Å². The van der Waals surface area contributed by atoms with E-state index in [1.807, 2.05) is 50.2 Å². The Morgan fingerprint density at radius 3 is 2.52 bits per heavy atom. The molecule has 0 saturated carbocycles. The Balaban J connectivity index is 1.86. The van der Waals surface area contributed by atoms with Crippen molar-refractivity contribution in [3.05, 3.63) is 53.1 Å². The number of amides is 1. The molecule has 0 unspecified atom stereocenters. The van der Waals surface area contributed by atoms with Crippen molar-refractivity contribution < 1.29 is 19.0 Å². The molecular formula is C23H30N2O4.